The molecular weight excluding hydrogens is 336 g/mol. The van der Waals surface area contributed by atoms with Gasteiger partial charge in [-0.05, 0) is 37.3 Å². The number of amides is 1. The fourth-order valence-electron chi connectivity index (χ4n) is 2.68. The Morgan fingerprint density at radius 2 is 1.78 bits per heavy atom. The van der Waals surface area contributed by atoms with Crippen LogP contribution in [0.15, 0.2) is 29.2 Å². The van der Waals surface area contributed by atoms with Crippen molar-refractivity contribution in [3.63, 3.8) is 0 Å². The summed E-state index contributed by atoms with van der Waals surface area (Å²) in [6, 6.07) is 5.45. The molecule has 1 N–H and O–H groups in total. The standard InChI is InChI=1S/C16H23ClN2O3S/c1-12(2)15(16(20)19-10-6-3-7-11-19)18-23(21,22)14-9-5-4-8-13(14)17/h4-5,8-9,12,15,18H,3,6-7,10-11H2,1-2H3/t15-/m1/s1. The maximum absolute atomic E-state index is 12.7. The van der Waals surface area contributed by atoms with Crippen LogP contribution in [-0.4, -0.2) is 38.4 Å². The first-order chi connectivity index (χ1) is 10.8. The highest BCUT2D eigenvalue weighted by Gasteiger charge is 2.32. The van der Waals surface area contributed by atoms with Crippen LogP contribution in [0.25, 0.3) is 0 Å². The predicted molar refractivity (Wildman–Crippen MR) is 90.8 cm³/mol. The quantitative estimate of drug-likeness (QED) is 0.879. The number of hydrogen-bond acceptors (Lipinski definition) is 3. The molecule has 1 aromatic carbocycles. The topological polar surface area (TPSA) is 66.5 Å². The first-order valence-corrected chi connectivity index (χ1v) is 9.74. The molecule has 23 heavy (non-hydrogen) atoms. The van der Waals surface area contributed by atoms with Gasteiger partial charge < -0.3 is 4.90 Å². The van der Waals surface area contributed by atoms with Gasteiger partial charge in [0.2, 0.25) is 15.9 Å². The van der Waals surface area contributed by atoms with E-state index in [1.54, 1.807) is 17.0 Å². The normalized spacial score (nSPS) is 17.3. The number of benzene rings is 1. The minimum absolute atomic E-state index is 0.00115. The number of piperidine rings is 1. The summed E-state index contributed by atoms with van der Waals surface area (Å²) in [4.78, 5) is 14.5. The van der Waals surface area contributed by atoms with E-state index in [9.17, 15) is 13.2 Å². The van der Waals surface area contributed by atoms with Gasteiger partial charge in [0.15, 0.2) is 0 Å². The van der Waals surface area contributed by atoms with Gasteiger partial charge in [-0.1, -0.05) is 37.6 Å². The smallest absolute Gasteiger partial charge is 0.242 e. The molecule has 0 aromatic heterocycles. The number of hydrogen-bond donors (Lipinski definition) is 1. The fraction of sp³-hybridized carbons (Fsp3) is 0.562. The number of carbonyl (C=O) groups excluding carboxylic acids is 1. The van der Waals surface area contributed by atoms with Crippen LogP contribution in [-0.2, 0) is 14.8 Å². The second kappa shape index (κ2) is 7.64. The molecule has 7 heteroatoms. The Labute approximate surface area is 143 Å². The summed E-state index contributed by atoms with van der Waals surface area (Å²) in [6.07, 6.45) is 3.04. The highest BCUT2D eigenvalue weighted by molar-refractivity contribution is 7.89. The molecule has 0 radical (unpaired) electrons. The molecule has 1 aliphatic heterocycles. The van der Waals surface area contributed by atoms with Crippen molar-refractivity contribution in [2.75, 3.05) is 13.1 Å². The van der Waals surface area contributed by atoms with Gasteiger partial charge in [-0.3, -0.25) is 4.79 Å². The Hall–Kier alpha value is -1.11. The van der Waals surface area contributed by atoms with E-state index >= 15 is 0 Å². The van der Waals surface area contributed by atoms with Gasteiger partial charge in [-0.25, -0.2) is 8.42 Å². The van der Waals surface area contributed by atoms with E-state index < -0.39 is 16.1 Å². The summed E-state index contributed by atoms with van der Waals surface area (Å²) in [5, 5.41) is 0.146. The first-order valence-electron chi connectivity index (χ1n) is 7.88. The van der Waals surface area contributed by atoms with Gasteiger partial charge in [0, 0.05) is 13.1 Å². The lowest BCUT2D eigenvalue weighted by Gasteiger charge is -2.32. The number of carbonyl (C=O) groups is 1. The summed E-state index contributed by atoms with van der Waals surface area (Å²) < 4.78 is 27.7. The van der Waals surface area contributed by atoms with Crippen molar-refractivity contribution >= 4 is 27.5 Å². The van der Waals surface area contributed by atoms with E-state index in [2.05, 4.69) is 4.72 Å². The highest BCUT2D eigenvalue weighted by Crippen LogP contribution is 2.22. The molecule has 5 nitrogen and oxygen atoms in total. The lowest BCUT2D eigenvalue weighted by molar-refractivity contribution is -0.134. The van der Waals surface area contributed by atoms with Crippen molar-refractivity contribution in [2.45, 2.75) is 44.0 Å². The van der Waals surface area contributed by atoms with Gasteiger partial charge in [0.1, 0.15) is 10.9 Å². The SMILES string of the molecule is CC(C)[C@@H](NS(=O)(=O)c1ccccc1Cl)C(=O)N1CCCCC1. The van der Waals surface area contributed by atoms with Crippen LogP contribution in [0.1, 0.15) is 33.1 Å². The van der Waals surface area contributed by atoms with Crippen LogP contribution in [0.2, 0.25) is 5.02 Å². The zero-order valence-corrected chi connectivity index (χ0v) is 15.0. The molecule has 1 heterocycles. The largest absolute Gasteiger partial charge is 0.341 e. The summed E-state index contributed by atoms with van der Waals surface area (Å²) in [5.74, 6) is -0.308. The highest BCUT2D eigenvalue weighted by atomic mass is 35.5. The number of nitrogens with one attached hydrogen (secondary N) is 1. The van der Waals surface area contributed by atoms with Gasteiger partial charge >= 0.3 is 0 Å². The van der Waals surface area contributed by atoms with Crippen LogP contribution in [0.3, 0.4) is 0 Å². The molecule has 1 aromatic rings. The van der Waals surface area contributed by atoms with Crippen molar-refractivity contribution in [2.24, 2.45) is 5.92 Å². The summed E-state index contributed by atoms with van der Waals surface area (Å²) in [6.45, 7) is 5.05. The zero-order valence-electron chi connectivity index (χ0n) is 13.5. The van der Waals surface area contributed by atoms with E-state index in [0.717, 1.165) is 19.3 Å². The number of rotatable bonds is 5. The van der Waals surface area contributed by atoms with Crippen LogP contribution in [0.5, 0.6) is 0 Å². The van der Waals surface area contributed by atoms with Gasteiger partial charge in [-0.2, -0.15) is 4.72 Å². The van der Waals surface area contributed by atoms with Crippen LogP contribution in [0.4, 0.5) is 0 Å². The van der Waals surface area contributed by atoms with E-state index in [1.165, 1.54) is 12.1 Å². The van der Waals surface area contributed by atoms with Gasteiger partial charge in [-0.15, -0.1) is 0 Å². The second-order valence-electron chi connectivity index (χ2n) is 6.16. The molecule has 0 saturated carbocycles. The second-order valence-corrected chi connectivity index (χ2v) is 8.25. The molecule has 1 saturated heterocycles. The Morgan fingerprint density at radius 1 is 1.17 bits per heavy atom. The molecule has 2 rings (SSSR count). The van der Waals surface area contributed by atoms with Crippen molar-refractivity contribution in [1.29, 1.82) is 0 Å². The van der Waals surface area contributed by atoms with Crippen molar-refractivity contribution in [1.82, 2.24) is 9.62 Å². The minimum atomic E-state index is -3.85. The van der Waals surface area contributed by atoms with Gasteiger partial charge in [0.25, 0.3) is 0 Å². The Balaban J connectivity index is 2.22. The third-order valence-corrected chi connectivity index (χ3v) is 5.95. The summed E-state index contributed by atoms with van der Waals surface area (Å²) >= 11 is 5.99. The van der Waals surface area contributed by atoms with E-state index in [0.29, 0.717) is 13.1 Å². The number of likely N-dealkylation sites (tertiary alicyclic amines) is 1. The van der Waals surface area contributed by atoms with E-state index in [4.69, 9.17) is 11.6 Å². The Morgan fingerprint density at radius 3 is 2.35 bits per heavy atom. The average molecular weight is 359 g/mol. The number of halogens is 1. The predicted octanol–water partition coefficient (Wildman–Crippen LogP) is 2.66. The maximum atomic E-state index is 12.7. The molecule has 128 valence electrons. The zero-order chi connectivity index (χ0) is 17.0. The van der Waals surface area contributed by atoms with Crippen molar-refractivity contribution in [3.8, 4) is 0 Å². The summed E-state index contributed by atoms with van der Waals surface area (Å²) in [5.41, 5.74) is 0. The minimum Gasteiger partial charge on any atom is -0.341 e. The number of sulfonamides is 1. The Bertz CT molecular complexity index is 655. The van der Waals surface area contributed by atoms with E-state index in [1.807, 2.05) is 13.8 Å². The molecule has 0 unspecified atom stereocenters. The molecule has 0 spiro atoms. The molecule has 1 fully saturated rings. The van der Waals surface area contributed by atoms with Crippen molar-refractivity contribution in [3.05, 3.63) is 29.3 Å². The lowest BCUT2D eigenvalue weighted by Crippen LogP contribution is -2.52. The fourth-order valence-corrected chi connectivity index (χ4v) is 4.53. The molecule has 1 aliphatic rings. The monoisotopic (exact) mass is 358 g/mol. The number of nitrogens with zero attached hydrogens (tertiary/aromatic N) is 1. The first kappa shape index (κ1) is 18.2. The lowest BCUT2D eigenvalue weighted by atomic mass is 10.0. The molecular formula is C16H23ClN2O3S. The molecule has 0 aliphatic carbocycles. The average Bonchev–Trinajstić information content (AvgIpc) is 2.53. The van der Waals surface area contributed by atoms with E-state index in [-0.39, 0.29) is 21.7 Å². The maximum Gasteiger partial charge on any atom is 0.242 e. The third-order valence-electron chi connectivity index (χ3n) is 4.01. The summed E-state index contributed by atoms with van der Waals surface area (Å²) in [7, 11) is -3.85. The van der Waals surface area contributed by atoms with Crippen LogP contribution in [0, 0.1) is 5.92 Å². The molecule has 1 atom stereocenters. The van der Waals surface area contributed by atoms with Crippen LogP contribution >= 0.6 is 11.6 Å². The molecule has 1 amide bonds. The third kappa shape index (κ3) is 4.46. The van der Waals surface area contributed by atoms with Crippen LogP contribution < -0.4 is 4.72 Å². The molecule has 0 bridgehead atoms. The van der Waals surface area contributed by atoms with Crippen molar-refractivity contribution < 1.29 is 13.2 Å². The van der Waals surface area contributed by atoms with Gasteiger partial charge in [0.05, 0.1) is 5.02 Å². The Kier molecular flexibility index (Phi) is 6.06.